The summed E-state index contributed by atoms with van der Waals surface area (Å²) in [5, 5.41) is 4.96. The van der Waals surface area contributed by atoms with Crippen molar-refractivity contribution in [1.29, 1.82) is 0 Å². The molecule has 1 aliphatic rings. The number of rotatable bonds is 5. The van der Waals surface area contributed by atoms with Gasteiger partial charge in [0.15, 0.2) is 0 Å². The number of benzene rings is 2. The molecule has 0 amide bonds. The highest BCUT2D eigenvalue weighted by Crippen LogP contribution is 2.33. The van der Waals surface area contributed by atoms with Gasteiger partial charge in [0.1, 0.15) is 12.7 Å². The van der Waals surface area contributed by atoms with Crippen LogP contribution in [-0.2, 0) is 6.54 Å². The number of halogens is 2. The van der Waals surface area contributed by atoms with E-state index in [-0.39, 0.29) is 12.4 Å². The van der Waals surface area contributed by atoms with E-state index in [9.17, 15) is 0 Å². The fraction of sp³-hybridized carbons (Fsp3) is 0.300. The topological polar surface area (TPSA) is 60.0 Å². The van der Waals surface area contributed by atoms with Gasteiger partial charge < -0.3 is 5.73 Å². The summed E-state index contributed by atoms with van der Waals surface area (Å²) in [4.78, 5) is 6.53. The Labute approximate surface area is 170 Å². The molecule has 27 heavy (non-hydrogen) atoms. The van der Waals surface area contributed by atoms with Gasteiger partial charge >= 0.3 is 0 Å². The van der Waals surface area contributed by atoms with E-state index in [2.05, 4.69) is 51.4 Å². The second-order valence-corrected chi connectivity index (χ2v) is 7.26. The Kier molecular flexibility index (Phi) is 6.50. The Bertz CT molecular complexity index is 854. The molecule has 0 radical (unpaired) electrons. The lowest BCUT2D eigenvalue weighted by atomic mass is 9.89. The maximum absolute atomic E-state index is 6.21. The molecule has 1 fully saturated rings. The van der Waals surface area contributed by atoms with Crippen molar-refractivity contribution < 1.29 is 0 Å². The average Bonchev–Trinajstić information content (AvgIpc) is 3.34. The molecule has 5 nitrogen and oxygen atoms in total. The molecule has 1 saturated heterocycles. The molecular formula is C20H23Cl2N5. The summed E-state index contributed by atoms with van der Waals surface area (Å²) < 4.78 is 1.77. The van der Waals surface area contributed by atoms with E-state index in [1.54, 1.807) is 11.0 Å². The van der Waals surface area contributed by atoms with Gasteiger partial charge in [-0.15, -0.1) is 12.4 Å². The summed E-state index contributed by atoms with van der Waals surface area (Å²) in [6, 6.07) is 16.6. The fourth-order valence-corrected chi connectivity index (χ4v) is 4.03. The third-order valence-electron chi connectivity index (χ3n) is 5.15. The molecule has 2 aromatic carbocycles. The van der Waals surface area contributed by atoms with Crippen molar-refractivity contribution in [3.8, 4) is 5.69 Å². The molecule has 4 rings (SSSR count). The SMILES string of the molecule is Cl.NC[C@@H]1CN(Cc2ccc(Cl)cc2-n2cncn2)C[C@H]1c1ccccc1. The van der Waals surface area contributed by atoms with Gasteiger partial charge in [0.25, 0.3) is 0 Å². The van der Waals surface area contributed by atoms with Gasteiger partial charge in [-0.1, -0.05) is 48.0 Å². The maximum Gasteiger partial charge on any atom is 0.138 e. The number of nitrogens with two attached hydrogens (primary N) is 1. The van der Waals surface area contributed by atoms with Crippen LogP contribution in [0.5, 0.6) is 0 Å². The fourth-order valence-electron chi connectivity index (χ4n) is 3.86. The van der Waals surface area contributed by atoms with E-state index in [1.807, 2.05) is 12.1 Å². The van der Waals surface area contributed by atoms with E-state index in [0.29, 0.717) is 23.4 Å². The van der Waals surface area contributed by atoms with Gasteiger partial charge in [-0.25, -0.2) is 9.67 Å². The second-order valence-electron chi connectivity index (χ2n) is 6.82. The first-order valence-electron chi connectivity index (χ1n) is 8.85. The van der Waals surface area contributed by atoms with Crippen LogP contribution in [0, 0.1) is 5.92 Å². The van der Waals surface area contributed by atoms with E-state index in [1.165, 1.54) is 17.5 Å². The highest BCUT2D eigenvalue weighted by Gasteiger charge is 2.33. The first kappa shape index (κ1) is 19.8. The molecule has 2 N–H and O–H groups in total. The number of aromatic nitrogens is 3. The standard InChI is InChI=1S/C20H22ClN5.ClH/c21-18-7-6-16(20(8-18)26-14-23-13-24-26)10-25-11-17(9-22)19(12-25)15-4-2-1-3-5-15;/h1-8,13-14,17,19H,9-12,22H2;1H/t17-,19+;/m1./s1. The van der Waals surface area contributed by atoms with Crippen LogP contribution in [0.1, 0.15) is 17.0 Å². The van der Waals surface area contributed by atoms with E-state index in [4.69, 9.17) is 17.3 Å². The molecule has 142 valence electrons. The van der Waals surface area contributed by atoms with Crippen LogP contribution in [-0.4, -0.2) is 39.3 Å². The average molecular weight is 404 g/mol. The van der Waals surface area contributed by atoms with Crippen LogP contribution in [0.4, 0.5) is 0 Å². The third-order valence-corrected chi connectivity index (χ3v) is 5.39. The molecule has 0 aliphatic carbocycles. The van der Waals surface area contributed by atoms with Crippen LogP contribution in [0.15, 0.2) is 61.2 Å². The summed E-state index contributed by atoms with van der Waals surface area (Å²) in [7, 11) is 0. The van der Waals surface area contributed by atoms with Crippen LogP contribution in [0.3, 0.4) is 0 Å². The summed E-state index contributed by atoms with van der Waals surface area (Å²) in [5.74, 6) is 0.947. The van der Waals surface area contributed by atoms with Crippen molar-refractivity contribution >= 4 is 24.0 Å². The normalized spacial score (nSPS) is 19.8. The van der Waals surface area contributed by atoms with Gasteiger partial charge in [-0.3, -0.25) is 4.90 Å². The molecule has 0 bridgehead atoms. The Balaban J connectivity index is 0.00000210. The molecule has 2 atom stereocenters. The zero-order valence-electron chi connectivity index (χ0n) is 14.9. The summed E-state index contributed by atoms with van der Waals surface area (Å²) in [6.07, 6.45) is 3.24. The van der Waals surface area contributed by atoms with Crippen molar-refractivity contribution in [3.63, 3.8) is 0 Å². The molecule has 0 spiro atoms. The molecule has 1 aliphatic heterocycles. The predicted molar refractivity (Wildman–Crippen MR) is 111 cm³/mol. The zero-order valence-corrected chi connectivity index (χ0v) is 16.5. The van der Waals surface area contributed by atoms with Crippen LogP contribution >= 0.6 is 24.0 Å². The number of likely N-dealkylation sites (tertiary alicyclic amines) is 1. The first-order chi connectivity index (χ1) is 12.7. The largest absolute Gasteiger partial charge is 0.330 e. The van der Waals surface area contributed by atoms with E-state index in [0.717, 1.165) is 25.3 Å². The van der Waals surface area contributed by atoms with Crippen molar-refractivity contribution in [1.82, 2.24) is 19.7 Å². The lowest BCUT2D eigenvalue weighted by Crippen LogP contribution is -2.23. The monoisotopic (exact) mass is 403 g/mol. The smallest absolute Gasteiger partial charge is 0.138 e. The van der Waals surface area contributed by atoms with Crippen LogP contribution in [0.2, 0.25) is 5.02 Å². The Morgan fingerprint density at radius 2 is 1.93 bits per heavy atom. The summed E-state index contributed by atoms with van der Waals surface area (Å²) in [5.41, 5.74) is 9.61. The van der Waals surface area contributed by atoms with Crippen molar-refractivity contribution in [2.45, 2.75) is 12.5 Å². The van der Waals surface area contributed by atoms with Gasteiger partial charge in [0, 0.05) is 30.6 Å². The molecule has 3 aromatic rings. The Morgan fingerprint density at radius 1 is 1.11 bits per heavy atom. The first-order valence-corrected chi connectivity index (χ1v) is 9.23. The van der Waals surface area contributed by atoms with Gasteiger partial charge in [0.05, 0.1) is 5.69 Å². The number of hydrogen-bond donors (Lipinski definition) is 1. The number of hydrogen-bond acceptors (Lipinski definition) is 4. The predicted octanol–water partition coefficient (Wildman–Crippen LogP) is 3.52. The maximum atomic E-state index is 6.21. The molecular weight excluding hydrogens is 381 g/mol. The molecule has 0 saturated carbocycles. The molecule has 0 unspecified atom stereocenters. The van der Waals surface area contributed by atoms with E-state index < -0.39 is 0 Å². The molecule has 1 aromatic heterocycles. The summed E-state index contributed by atoms with van der Waals surface area (Å²) in [6.45, 7) is 3.54. The molecule has 7 heteroatoms. The summed E-state index contributed by atoms with van der Waals surface area (Å²) >= 11 is 6.21. The van der Waals surface area contributed by atoms with Crippen molar-refractivity contribution in [3.05, 3.63) is 77.3 Å². The lowest BCUT2D eigenvalue weighted by molar-refractivity contribution is 0.316. The highest BCUT2D eigenvalue weighted by atomic mass is 35.5. The minimum absolute atomic E-state index is 0. The van der Waals surface area contributed by atoms with Gasteiger partial charge in [-0.2, -0.15) is 5.10 Å². The van der Waals surface area contributed by atoms with Crippen molar-refractivity contribution in [2.75, 3.05) is 19.6 Å². The second kappa shape index (κ2) is 8.85. The minimum Gasteiger partial charge on any atom is -0.330 e. The highest BCUT2D eigenvalue weighted by molar-refractivity contribution is 6.30. The van der Waals surface area contributed by atoms with Crippen molar-refractivity contribution in [2.24, 2.45) is 11.7 Å². The van der Waals surface area contributed by atoms with Gasteiger partial charge in [-0.05, 0) is 35.7 Å². The third kappa shape index (κ3) is 4.33. The lowest BCUT2D eigenvalue weighted by Gasteiger charge is -2.18. The zero-order chi connectivity index (χ0) is 17.9. The Morgan fingerprint density at radius 3 is 2.63 bits per heavy atom. The van der Waals surface area contributed by atoms with Crippen LogP contribution < -0.4 is 5.73 Å². The Hall–Kier alpha value is -1.92. The van der Waals surface area contributed by atoms with E-state index >= 15 is 0 Å². The minimum atomic E-state index is 0. The van der Waals surface area contributed by atoms with Gasteiger partial charge in [0.2, 0.25) is 0 Å². The molecule has 2 heterocycles. The van der Waals surface area contributed by atoms with Crippen LogP contribution in [0.25, 0.3) is 5.69 Å². The number of nitrogens with zero attached hydrogens (tertiary/aromatic N) is 4. The quantitative estimate of drug-likeness (QED) is 0.707.